The Morgan fingerprint density at radius 1 is 1.60 bits per heavy atom. The van der Waals surface area contributed by atoms with Crippen LogP contribution >= 0.6 is 0 Å². The second-order valence-corrected chi connectivity index (χ2v) is 2.21. The number of hydrogen-bond donors (Lipinski definition) is 0. The molecule has 0 spiro atoms. The van der Waals surface area contributed by atoms with Gasteiger partial charge in [0, 0.05) is 11.9 Å². The van der Waals surface area contributed by atoms with Crippen LogP contribution in [-0.2, 0) is 12.8 Å². The predicted octanol–water partition coefficient (Wildman–Crippen LogP) is 2.02. The fourth-order valence-electron chi connectivity index (χ4n) is 1.02. The minimum atomic E-state index is 0.796. The summed E-state index contributed by atoms with van der Waals surface area (Å²) in [7, 11) is 0. The van der Waals surface area contributed by atoms with Crippen molar-refractivity contribution in [3.63, 3.8) is 0 Å². The molecule has 1 radical (unpaired) electrons. The highest BCUT2D eigenvalue weighted by Crippen LogP contribution is 2.05. The fraction of sp³-hybridized carbons (Fsp3) is 0.333. The van der Waals surface area contributed by atoms with Crippen LogP contribution < -0.4 is 0 Å². The second-order valence-electron chi connectivity index (χ2n) is 2.21. The highest BCUT2D eigenvalue weighted by molar-refractivity contribution is 5.19. The Labute approximate surface area is 62.1 Å². The van der Waals surface area contributed by atoms with Crippen molar-refractivity contribution in [3.05, 3.63) is 36.5 Å². The Bertz CT molecular complexity index is 183. The lowest BCUT2D eigenvalue weighted by Gasteiger charge is -2.01. The molecule has 53 valence electrons. The van der Waals surface area contributed by atoms with Gasteiger partial charge in [-0.05, 0) is 31.4 Å². The first-order chi connectivity index (χ1) is 4.88. The van der Waals surface area contributed by atoms with Crippen LogP contribution in [0.15, 0.2) is 18.3 Å². The quantitative estimate of drug-likeness (QED) is 0.603. The van der Waals surface area contributed by atoms with Crippen molar-refractivity contribution >= 4 is 0 Å². The smallest absolute Gasteiger partial charge is 0.0435 e. The summed E-state index contributed by atoms with van der Waals surface area (Å²) in [6.07, 6.45) is 3.67. The van der Waals surface area contributed by atoms with Gasteiger partial charge < -0.3 is 0 Å². The lowest BCUT2D eigenvalue weighted by molar-refractivity contribution is 1.00. The van der Waals surface area contributed by atoms with Gasteiger partial charge in [0.05, 0.1) is 0 Å². The maximum Gasteiger partial charge on any atom is 0.0435 e. The summed E-state index contributed by atoms with van der Waals surface area (Å²) >= 11 is 0. The summed E-state index contributed by atoms with van der Waals surface area (Å²) in [6.45, 7) is 5.94. The van der Waals surface area contributed by atoms with Crippen molar-refractivity contribution in [1.29, 1.82) is 0 Å². The van der Waals surface area contributed by atoms with Crippen molar-refractivity contribution < 1.29 is 0 Å². The summed E-state index contributed by atoms with van der Waals surface area (Å²) in [6, 6.07) is 4.07. The number of aryl methyl sites for hydroxylation is 1. The van der Waals surface area contributed by atoms with Crippen LogP contribution in [0.4, 0.5) is 0 Å². The molecule has 0 unspecified atom stereocenters. The van der Waals surface area contributed by atoms with Gasteiger partial charge in [0.25, 0.3) is 0 Å². The SMILES string of the molecule is [CH2]Cc1ncccc1CC. The van der Waals surface area contributed by atoms with Gasteiger partial charge in [-0.3, -0.25) is 4.98 Å². The number of aromatic nitrogens is 1. The van der Waals surface area contributed by atoms with Crippen molar-refractivity contribution in [2.75, 3.05) is 0 Å². The molecule has 0 fully saturated rings. The first kappa shape index (κ1) is 7.26. The predicted molar refractivity (Wildman–Crippen MR) is 42.7 cm³/mol. The molecule has 0 saturated carbocycles. The lowest BCUT2D eigenvalue weighted by atomic mass is 10.1. The average Bonchev–Trinajstić information content (AvgIpc) is 2.04. The van der Waals surface area contributed by atoms with Crippen molar-refractivity contribution in [2.24, 2.45) is 0 Å². The number of pyridine rings is 1. The zero-order valence-electron chi connectivity index (χ0n) is 6.30. The van der Waals surface area contributed by atoms with Gasteiger partial charge in [0.15, 0.2) is 0 Å². The number of rotatable bonds is 2. The third-order valence-electron chi connectivity index (χ3n) is 1.60. The topological polar surface area (TPSA) is 12.9 Å². The minimum Gasteiger partial charge on any atom is -0.261 e. The molecule has 0 aliphatic rings. The third kappa shape index (κ3) is 1.35. The summed E-state index contributed by atoms with van der Waals surface area (Å²) in [5.74, 6) is 0. The molecular formula is C9H12N. The Morgan fingerprint density at radius 3 is 2.90 bits per heavy atom. The van der Waals surface area contributed by atoms with Crippen LogP contribution in [0.2, 0.25) is 0 Å². The number of nitrogens with zero attached hydrogens (tertiary/aromatic N) is 1. The standard InChI is InChI=1S/C9H12N/c1-3-8-6-5-7-10-9(8)4-2/h5-7H,2-4H2,1H3. The van der Waals surface area contributed by atoms with E-state index in [0.717, 1.165) is 18.5 Å². The normalized spacial score (nSPS) is 9.80. The van der Waals surface area contributed by atoms with Crippen LogP contribution in [0.5, 0.6) is 0 Å². The van der Waals surface area contributed by atoms with Gasteiger partial charge in [0.1, 0.15) is 0 Å². The van der Waals surface area contributed by atoms with Crippen LogP contribution in [0.1, 0.15) is 18.2 Å². The molecule has 1 heteroatoms. The van der Waals surface area contributed by atoms with E-state index in [0.29, 0.717) is 0 Å². The van der Waals surface area contributed by atoms with E-state index in [-0.39, 0.29) is 0 Å². The molecule has 0 N–H and O–H groups in total. The van der Waals surface area contributed by atoms with Gasteiger partial charge in [-0.1, -0.05) is 13.0 Å². The van der Waals surface area contributed by atoms with Crippen molar-refractivity contribution in [2.45, 2.75) is 19.8 Å². The first-order valence-electron chi connectivity index (χ1n) is 3.60. The number of hydrogen-bond acceptors (Lipinski definition) is 1. The van der Waals surface area contributed by atoms with Gasteiger partial charge in [-0.2, -0.15) is 0 Å². The zero-order chi connectivity index (χ0) is 7.40. The van der Waals surface area contributed by atoms with Gasteiger partial charge >= 0.3 is 0 Å². The molecule has 1 nitrogen and oxygen atoms in total. The van der Waals surface area contributed by atoms with Gasteiger partial charge in [-0.15, -0.1) is 0 Å². The Kier molecular flexibility index (Phi) is 2.43. The summed E-state index contributed by atoms with van der Waals surface area (Å²) in [5.41, 5.74) is 2.45. The van der Waals surface area contributed by atoms with Crippen molar-refractivity contribution in [1.82, 2.24) is 4.98 Å². The molecule has 0 aromatic carbocycles. The third-order valence-corrected chi connectivity index (χ3v) is 1.60. The van der Waals surface area contributed by atoms with E-state index in [1.54, 1.807) is 0 Å². The fourth-order valence-corrected chi connectivity index (χ4v) is 1.02. The monoisotopic (exact) mass is 134 g/mol. The Morgan fingerprint density at radius 2 is 2.40 bits per heavy atom. The van der Waals surface area contributed by atoms with Gasteiger partial charge in [0.2, 0.25) is 0 Å². The van der Waals surface area contributed by atoms with Crippen molar-refractivity contribution in [3.8, 4) is 0 Å². The molecule has 10 heavy (non-hydrogen) atoms. The zero-order valence-corrected chi connectivity index (χ0v) is 6.30. The molecule has 1 rings (SSSR count). The summed E-state index contributed by atoms with van der Waals surface area (Å²) < 4.78 is 0. The molecule has 0 aliphatic carbocycles. The lowest BCUT2D eigenvalue weighted by Crippen LogP contribution is -1.93. The van der Waals surface area contributed by atoms with E-state index in [4.69, 9.17) is 0 Å². The summed E-state index contributed by atoms with van der Waals surface area (Å²) in [5, 5.41) is 0. The van der Waals surface area contributed by atoms with E-state index in [2.05, 4.69) is 24.9 Å². The molecular weight excluding hydrogens is 122 g/mol. The van der Waals surface area contributed by atoms with Crippen LogP contribution in [0, 0.1) is 6.92 Å². The maximum absolute atomic E-state index is 4.21. The van der Waals surface area contributed by atoms with E-state index in [1.165, 1.54) is 5.56 Å². The van der Waals surface area contributed by atoms with Crippen LogP contribution in [0.25, 0.3) is 0 Å². The Balaban J connectivity index is 2.96. The van der Waals surface area contributed by atoms with Crippen LogP contribution in [0.3, 0.4) is 0 Å². The van der Waals surface area contributed by atoms with E-state index >= 15 is 0 Å². The highest BCUT2D eigenvalue weighted by atomic mass is 14.7. The maximum atomic E-state index is 4.21. The Hall–Kier alpha value is -0.850. The molecule has 0 atom stereocenters. The van der Waals surface area contributed by atoms with E-state index in [9.17, 15) is 0 Å². The molecule has 1 heterocycles. The van der Waals surface area contributed by atoms with E-state index in [1.807, 2.05) is 12.3 Å². The first-order valence-corrected chi connectivity index (χ1v) is 3.60. The molecule has 0 amide bonds. The summed E-state index contributed by atoms with van der Waals surface area (Å²) in [4.78, 5) is 4.21. The van der Waals surface area contributed by atoms with E-state index < -0.39 is 0 Å². The minimum absolute atomic E-state index is 0.796. The highest BCUT2D eigenvalue weighted by Gasteiger charge is 1.95. The second kappa shape index (κ2) is 3.35. The molecule has 1 aromatic heterocycles. The molecule has 0 bridgehead atoms. The average molecular weight is 134 g/mol. The molecule has 1 aromatic rings. The molecule has 0 saturated heterocycles. The van der Waals surface area contributed by atoms with Gasteiger partial charge in [-0.25, -0.2) is 0 Å². The van der Waals surface area contributed by atoms with Crippen LogP contribution in [-0.4, -0.2) is 4.98 Å². The largest absolute Gasteiger partial charge is 0.261 e. The molecule has 0 aliphatic heterocycles.